The first-order valence-corrected chi connectivity index (χ1v) is 5.65. The van der Waals surface area contributed by atoms with Crippen LogP contribution in [0.1, 0.15) is 19.8 Å². The SMILES string of the molecule is CC1CN=C(NCC2CCC(C(N)=O)O2)N1.I. The molecule has 17 heavy (non-hydrogen) atoms. The molecule has 98 valence electrons. The first kappa shape index (κ1) is 14.5. The topological polar surface area (TPSA) is 88.7 Å². The van der Waals surface area contributed by atoms with Crippen LogP contribution in [0.4, 0.5) is 0 Å². The number of carbonyl (C=O) groups is 1. The van der Waals surface area contributed by atoms with Crippen molar-refractivity contribution >= 4 is 35.8 Å². The van der Waals surface area contributed by atoms with Crippen molar-refractivity contribution in [1.82, 2.24) is 10.6 Å². The molecule has 0 saturated carbocycles. The molecule has 6 nitrogen and oxygen atoms in total. The molecule has 1 saturated heterocycles. The number of nitrogens with one attached hydrogen (secondary N) is 2. The van der Waals surface area contributed by atoms with E-state index in [1.54, 1.807) is 0 Å². The molecule has 0 spiro atoms. The van der Waals surface area contributed by atoms with Gasteiger partial charge in [-0.1, -0.05) is 0 Å². The van der Waals surface area contributed by atoms with Crippen LogP contribution >= 0.6 is 24.0 Å². The van der Waals surface area contributed by atoms with Gasteiger partial charge in [0.2, 0.25) is 5.91 Å². The number of halogens is 1. The minimum absolute atomic E-state index is 0. The molecular weight excluding hydrogens is 335 g/mol. The summed E-state index contributed by atoms with van der Waals surface area (Å²) in [5.41, 5.74) is 5.18. The maximum absolute atomic E-state index is 10.9. The van der Waals surface area contributed by atoms with Crippen molar-refractivity contribution < 1.29 is 9.53 Å². The lowest BCUT2D eigenvalue weighted by Gasteiger charge is -2.14. The van der Waals surface area contributed by atoms with Gasteiger partial charge >= 0.3 is 0 Å². The van der Waals surface area contributed by atoms with E-state index in [1.165, 1.54) is 0 Å². The highest BCUT2D eigenvalue weighted by atomic mass is 127. The second-order valence-electron chi connectivity index (χ2n) is 4.34. The highest BCUT2D eigenvalue weighted by molar-refractivity contribution is 14.0. The van der Waals surface area contributed by atoms with Gasteiger partial charge < -0.3 is 21.1 Å². The molecule has 0 radical (unpaired) electrons. The Morgan fingerprint density at radius 1 is 1.65 bits per heavy atom. The summed E-state index contributed by atoms with van der Waals surface area (Å²) >= 11 is 0. The van der Waals surface area contributed by atoms with Crippen LogP contribution in [0, 0.1) is 0 Å². The second-order valence-corrected chi connectivity index (χ2v) is 4.34. The van der Waals surface area contributed by atoms with Gasteiger partial charge in [-0.05, 0) is 19.8 Å². The van der Waals surface area contributed by atoms with Crippen molar-refractivity contribution in [2.45, 2.75) is 38.0 Å². The average Bonchev–Trinajstić information content (AvgIpc) is 2.83. The van der Waals surface area contributed by atoms with E-state index in [2.05, 4.69) is 22.5 Å². The Morgan fingerprint density at radius 3 is 2.94 bits per heavy atom. The maximum Gasteiger partial charge on any atom is 0.246 e. The number of carbonyl (C=O) groups excluding carboxylic acids is 1. The van der Waals surface area contributed by atoms with E-state index in [1.807, 2.05) is 0 Å². The Bertz CT molecular complexity index is 311. The lowest BCUT2D eigenvalue weighted by atomic mass is 10.2. The lowest BCUT2D eigenvalue weighted by molar-refractivity contribution is -0.128. The predicted molar refractivity (Wildman–Crippen MR) is 75.4 cm³/mol. The monoisotopic (exact) mass is 354 g/mol. The van der Waals surface area contributed by atoms with Crippen molar-refractivity contribution in [3.8, 4) is 0 Å². The van der Waals surface area contributed by atoms with Crippen LogP contribution in [0.15, 0.2) is 4.99 Å². The zero-order valence-corrected chi connectivity index (χ0v) is 12.1. The number of nitrogens with two attached hydrogens (primary N) is 1. The Kier molecular flexibility index (Phi) is 5.44. The van der Waals surface area contributed by atoms with Crippen LogP contribution in [0.5, 0.6) is 0 Å². The summed E-state index contributed by atoms with van der Waals surface area (Å²) in [6.45, 7) is 3.55. The van der Waals surface area contributed by atoms with E-state index in [0.29, 0.717) is 12.6 Å². The molecule has 2 heterocycles. The van der Waals surface area contributed by atoms with E-state index in [9.17, 15) is 4.79 Å². The molecule has 0 aromatic rings. The number of ether oxygens (including phenoxy) is 1. The molecule has 2 aliphatic rings. The molecule has 1 fully saturated rings. The van der Waals surface area contributed by atoms with Crippen molar-refractivity contribution in [2.24, 2.45) is 10.7 Å². The Labute approximate surface area is 118 Å². The fourth-order valence-corrected chi connectivity index (χ4v) is 1.94. The summed E-state index contributed by atoms with van der Waals surface area (Å²) in [4.78, 5) is 15.2. The van der Waals surface area contributed by atoms with Crippen LogP contribution in [-0.4, -0.2) is 43.2 Å². The van der Waals surface area contributed by atoms with Gasteiger partial charge in [0.25, 0.3) is 0 Å². The van der Waals surface area contributed by atoms with Gasteiger partial charge in [-0.2, -0.15) is 0 Å². The third kappa shape index (κ3) is 3.98. The average molecular weight is 354 g/mol. The highest BCUT2D eigenvalue weighted by Gasteiger charge is 2.29. The van der Waals surface area contributed by atoms with E-state index in [4.69, 9.17) is 10.5 Å². The van der Waals surface area contributed by atoms with Crippen LogP contribution < -0.4 is 16.4 Å². The molecule has 1 amide bonds. The number of primary amides is 1. The fourth-order valence-electron chi connectivity index (χ4n) is 1.94. The van der Waals surface area contributed by atoms with Gasteiger partial charge in [0.05, 0.1) is 12.6 Å². The number of aliphatic imine (C=N–C) groups is 1. The maximum atomic E-state index is 10.9. The minimum Gasteiger partial charge on any atom is -0.367 e. The second kappa shape index (κ2) is 6.39. The fraction of sp³-hybridized carbons (Fsp3) is 0.800. The van der Waals surface area contributed by atoms with Crippen LogP contribution in [0.25, 0.3) is 0 Å². The molecule has 3 atom stereocenters. The van der Waals surface area contributed by atoms with Gasteiger partial charge in [0.15, 0.2) is 5.96 Å². The largest absolute Gasteiger partial charge is 0.367 e. The number of rotatable bonds is 3. The van der Waals surface area contributed by atoms with E-state index < -0.39 is 6.10 Å². The van der Waals surface area contributed by atoms with Gasteiger partial charge in [-0.3, -0.25) is 9.79 Å². The number of hydrogen-bond donors (Lipinski definition) is 3. The van der Waals surface area contributed by atoms with Crippen molar-refractivity contribution in [3.63, 3.8) is 0 Å². The summed E-state index contributed by atoms with van der Waals surface area (Å²) in [5, 5.41) is 6.38. The van der Waals surface area contributed by atoms with Crippen LogP contribution in [0.2, 0.25) is 0 Å². The zero-order valence-electron chi connectivity index (χ0n) is 9.81. The molecule has 0 aromatic carbocycles. The van der Waals surface area contributed by atoms with Gasteiger partial charge in [-0.25, -0.2) is 0 Å². The third-order valence-electron chi connectivity index (χ3n) is 2.83. The molecule has 2 rings (SSSR count). The molecule has 3 unspecified atom stereocenters. The summed E-state index contributed by atoms with van der Waals surface area (Å²) in [5.74, 6) is 0.450. The van der Waals surface area contributed by atoms with E-state index in [0.717, 1.165) is 25.3 Å². The minimum atomic E-state index is -0.413. The number of nitrogens with zero attached hydrogens (tertiary/aromatic N) is 1. The van der Waals surface area contributed by atoms with Crippen LogP contribution in [-0.2, 0) is 9.53 Å². The van der Waals surface area contributed by atoms with E-state index >= 15 is 0 Å². The first-order chi connectivity index (χ1) is 7.65. The molecule has 4 N–H and O–H groups in total. The molecular formula is C10H19IN4O2. The normalized spacial score (nSPS) is 31.4. The molecule has 0 aliphatic carbocycles. The highest BCUT2D eigenvalue weighted by Crippen LogP contribution is 2.18. The standard InChI is InChI=1S/C10H18N4O2.HI/c1-6-4-12-10(14-6)13-5-7-2-3-8(16-7)9(11)15;/h6-8H,2-5H2,1H3,(H2,11,15)(H2,12,13,14);1H. The lowest BCUT2D eigenvalue weighted by Crippen LogP contribution is -2.41. The van der Waals surface area contributed by atoms with Gasteiger partial charge in [0.1, 0.15) is 6.10 Å². The molecule has 0 aromatic heterocycles. The van der Waals surface area contributed by atoms with Gasteiger partial charge in [0, 0.05) is 12.6 Å². The number of hydrogen-bond acceptors (Lipinski definition) is 5. The Hall–Kier alpha value is -0.570. The van der Waals surface area contributed by atoms with Crippen molar-refractivity contribution in [1.29, 1.82) is 0 Å². The summed E-state index contributed by atoms with van der Waals surface area (Å²) < 4.78 is 5.49. The number of amides is 1. The third-order valence-corrected chi connectivity index (χ3v) is 2.83. The Morgan fingerprint density at radius 2 is 2.41 bits per heavy atom. The van der Waals surface area contributed by atoms with Crippen molar-refractivity contribution in [2.75, 3.05) is 13.1 Å². The van der Waals surface area contributed by atoms with E-state index in [-0.39, 0.29) is 36.0 Å². The summed E-state index contributed by atoms with van der Waals surface area (Å²) in [6.07, 6.45) is 1.23. The first-order valence-electron chi connectivity index (χ1n) is 5.65. The van der Waals surface area contributed by atoms with Gasteiger partial charge in [-0.15, -0.1) is 24.0 Å². The quantitative estimate of drug-likeness (QED) is 0.601. The molecule has 0 bridgehead atoms. The molecule has 7 heteroatoms. The number of guanidine groups is 1. The smallest absolute Gasteiger partial charge is 0.246 e. The molecule has 2 aliphatic heterocycles. The summed E-state index contributed by atoms with van der Waals surface area (Å²) in [7, 11) is 0. The Balaban J connectivity index is 0.00000144. The zero-order chi connectivity index (χ0) is 11.5. The van der Waals surface area contributed by atoms with Crippen LogP contribution in [0.3, 0.4) is 0 Å². The predicted octanol–water partition coefficient (Wildman–Crippen LogP) is -0.425. The summed E-state index contributed by atoms with van der Waals surface area (Å²) in [6, 6.07) is 0.394. The van der Waals surface area contributed by atoms with Crippen molar-refractivity contribution in [3.05, 3.63) is 0 Å².